The molecule has 0 aliphatic carbocycles. The highest BCUT2D eigenvalue weighted by Gasteiger charge is 2.11. The van der Waals surface area contributed by atoms with Crippen molar-refractivity contribution in [3.05, 3.63) is 57.8 Å². The van der Waals surface area contributed by atoms with Crippen molar-refractivity contribution in [3.8, 4) is 0 Å². The monoisotopic (exact) mass is 341 g/mol. The molecule has 0 amide bonds. The number of rotatable bonds is 3. The van der Waals surface area contributed by atoms with Crippen molar-refractivity contribution in [1.82, 2.24) is 0 Å². The van der Waals surface area contributed by atoms with Gasteiger partial charge in [0.2, 0.25) is 0 Å². The summed E-state index contributed by atoms with van der Waals surface area (Å²) < 4.78 is 26.0. The van der Waals surface area contributed by atoms with E-state index in [1.165, 1.54) is 12.1 Å². The highest BCUT2D eigenvalue weighted by atomic mass is 79.9. The number of hydrogen-bond donors (Lipinski definition) is 1. The van der Waals surface area contributed by atoms with Crippen LogP contribution in [0.2, 0.25) is 0 Å². The second-order valence-corrected chi connectivity index (χ2v) is 6.52. The van der Waals surface area contributed by atoms with Crippen LogP contribution in [0, 0.1) is 12.7 Å². The number of halogens is 2. The molecule has 0 bridgehead atoms. The maximum Gasteiger partial charge on any atom is 0.124 e. The van der Waals surface area contributed by atoms with Crippen LogP contribution in [0.15, 0.2) is 45.8 Å². The standard InChI is InChI=1S/C14H13BrFNOS/c1-9-2-5-12(17)7-14(9)19(18)8-10-3-4-11(16)6-13(10)15/h2-7H,8,17H2,1H3. The SMILES string of the molecule is Cc1ccc(N)cc1S(=O)Cc1ccc(F)cc1Br. The van der Waals surface area contributed by atoms with E-state index in [9.17, 15) is 8.60 Å². The minimum absolute atomic E-state index is 0.318. The summed E-state index contributed by atoms with van der Waals surface area (Å²) in [6, 6.07) is 9.73. The lowest BCUT2D eigenvalue weighted by Crippen LogP contribution is -2.01. The molecule has 0 radical (unpaired) electrons. The first-order valence-electron chi connectivity index (χ1n) is 5.66. The number of aryl methyl sites for hydroxylation is 1. The van der Waals surface area contributed by atoms with E-state index < -0.39 is 10.8 Å². The Morgan fingerprint density at radius 2 is 2.00 bits per heavy atom. The van der Waals surface area contributed by atoms with Gasteiger partial charge in [-0.2, -0.15) is 0 Å². The van der Waals surface area contributed by atoms with E-state index in [0.717, 1.165) is 16.0 Å². The van der Waals surface area contributed by atoms with Gasteiger partial charge in [-0.05, 0) is 42.3 Å². The smallest absolute Gasteiger partial charge is 0.124 e. The Morgan fingerprint density at radius 1 is 1.26 bits per heavy atom. The molecule has 2 nitrogen and oxygen atoms in total. The summed E-state index contributed by atoms with van der Waals surface area (Å²) in [4.78, 5) is 0.719. The molecule has 0 aliphatic rings. The van der Waals surface area contributed by atoms with Gasteiger partial charge in [0.1, 0.15) is 5.82 Å². The zero-order chi connectivity index (χ0) is 14.0. The molecule has 19 heavy (non-hydrogen) atoms. The second-order valence-electron chi connectivity index (χ2n) is 4.25. The van der Waals surface area contributed by atoms with E-state index in [4.69, 9.17) is 5.73 Å². The summed E-state index contributed by atoms with van der Waals surface area (Å²) in [5.41, 5.74) is 8.05. The Hall–Kier alpha value is -1.20. The molecule has 0 aromatic heterocycles. The van der Waals surface area contributed by atoms with Gasteiger partial charge in [0.25, 0.3) is 0 Å². The Labute approximate surface area is 122 Å². The van der Waals surface area contributed by atoms with Gasteiger partial charge in [0.15, 0.2) is 0 Å². The summed E-state index contributed by atoms with van der Waals surface area (Å²) >= 11 is 3.28. The molecule has 0 saturated heterocycles. The first-order valence-corrected chi connectivity index (χ1v) is 7.77. The predicted octanol–water partition coefficient (Wildman–Crippen LogP) is 3.79. The van der Waals surface area contributed by atoms with Crippen molar-refractivity contribution < 1.29 is 8.60 Å². The van der Waals surface area contributed by atoms with Crippen LogP contribution < -0.4 is 5.73 Å². The summed E-state index contributed by atoms with van der Waals surface area (Å²) in [5.74, 6) is 0.00654. The van der Waals surface area contributed by atoms with Crippen LogP contribution in [0.5, 0.6) is 0 Å². The maximum absolute atomic E-state index is 13.0. The van der Waals surface area contributed by atoms with E-state index in [1.807, 2.05) is 13.0 Å². The molecule has 2 aromatic rings. The Kier molecular flexibility index (Phi) is 4.37. The van der Waals surface area contributed by atoms with Crippen LogP contribution in [0.3, 0.4) is 0 Å². The van der Waals surface area contributed by atoms with E-state index >= 15 is 0 Å². The van der Waals surface area contributed by atoms with Gasteiger partial charge >= 0.3 is 0 Å². The normalized spacial score (nSPS) is 12.4. The molecule has 0 spiro atoms. The van der Waals surface area contributed by atoms with Gasteiger partial charge in [0, 0.05) is 15.1 Å². The number of nitrogen functional groups attached to an aromatic ring is 1. The van der Waals surface area contributed by atoms with Crippen molar-refractivity contribution in [3.63, 3.8) is 0 Å². The quantitative estimate of drug-likeness (QED) is 0.863. The van der Waals surface area contributed by atoms with Crippen LogP contribution in [0.1, 0.15) is 11.1 Å². The number of nitrogens with two attached hydrogens (primary N) is 1. The molecule has 0 saturated carbocycles. The average Bonchev–Trinajstić information content (AvgIpc) is 2.35. The Bertz CT molecular complexity index is 645. The van der Waals surface area contributed by atoms with Crippen LogP contribution in [0.25, 0.3) is 0 Å². The predicted molar refractivity (Wildman–Crippen MR) is 79.8 cm³/mol. The lowest BCUT2D eigenvalue weighted by Gasteiger charge is -2.08. The summed E-state index contributed by atoms with van der Waals surface area (Å²) in [6.07, 6.45) is 0. The maximum atomic E-state index is 13.0. The van der Waals surface area contributed by atoms with Crippen LogP contribution >= 0.6 is 15.9 Å². The first-order chi connectivity index (χ1) is 8.97. The molecule has 1 unspecified atom stereocenters. The molecule has 2 aromatic carbocycles. The van der Waals surface area contributed by atoms with Crippen molar-refractivity contribution in [2.45, 2.75) is 17.6 Å². The largest absolute Gasteiger partial charge is 0.399 e. The summed E-state index contributed by atoms with van der Waals surface area (Å²) in [7, 11) is -1.21. The third-order valence-electron chi connectivity index (χ3n) is 2.76. The minimum atomic E-state index is -1.21. The lowest BCUT2D eigenvalue weighted by atomic mass is 10.2. The van der Waals surface area contributed by atoms with Gasteiger partial charge < -0.3 is 5.73 Å². The fraction of sp³-hybridized carbons (Fsp3) is 0.143. The molecule has 0 heterocycles. The van der Waals surface area contributed by atoms with Crippen molar-refractivity contribution in [2.75, 3.05) is 5.73 Å². The fourth-order valence-corrected chi connectivity index (χ4v) is 3.78. The van der Waals surface area contributed by atoms with E-state index in [0.29, 0.717) is 15.9 Å². The van der Waals surface area contributed by atoms with E-state index in [-0.39, 0.29) is 5.82 Å². The zero-order valence-corrected chi connectivity index (χ0v) is 12.7. The van der Waals surface area contributed by atoms with Crippen molar-refractivity contribution in [1.29, 1.82) is 0 Å². The molecule has 1 atom stereocenters. The van der Waals surface area contributed by atoms with Gasteiger partial charge in [-0.1, -0.05) is 28.1 Å². The lowest BCUT2D eigenvalue weighted by molar-refractivity contribution is 0.626. The Balaban J connectivity index is 2.28. The highest BCUT2D eigenvalue weighted by molar-refractivity contribution is 9.10. The molecular weight excluding hydrogens is 329 g/mol. The fourth-order valence-electron chi connectivity index (χ4n) is 1.72. The van der Waals surface area contributed by atoms with Crippen molar-refractivity contribution in [2.24, 2.45) is 0 Å². The molecule has 100 valence electrons. The Morgan fingerprint density at radius 3 is 2.68 bits per heavy atom. The second kappa shape index (κ2) is 5.84. The van der Waals surface area contributed by atoms with Crippen molar-refractivity contribution >= 4 is 32.4 Å². The third-order valence-corrected chi connectivity index (χ3v) is 5.00. The highest BCUT2D eigenvalue weighted by Crippen LogP contribution is 2.24. The van der Waals surface area contributed by atoms with Gasteiger partial charge in [-0.3, -0.25) is 4.21 Å². The van der Waals surface area contributed by atoms with E-state index in [2.05, 4.69) is 15.9 Å². The molecule has 5 heteroatoms. The molecule has 2 rings (SSSR count). The molecular formula is C14H13BrFNOS. The number of hydrogen-bond acceptors (Lipinski definition) is 2. The molecule has 0 aliphatic heterocycles. The topological polar surface area (TPSA) is 43.1 Å². The first kappa shape index (κ1) is 14.2. The van der Waals surface area contributed by atoms with E-state index in [1.54, 1.807) is 18.2 Å². The minimum Gasteiger partial charge on any atom is -0.399 e. The summed E-state index contributed by atoms with van der Waals surface area (Å²) in [6.45, 7) is 1.90. The number of benzene rings is 2. The molecule has 0 fully saturated rings. The van der Waals surface area contributed by atoms with Gasteiger partial charge in [-0.15, -0.1) is 0 Å². The number of anilines is 1. The van der Waals surface area contributed by atoms with Gasteiger partial charge in [-0.25, -0.2) is 4.39 Å². The molecule has 2 N–H and O–H groups in total. The van der Waals surface area contributed by atoms with Gasteiger partial charge in [0.05, 0.1) is 16.6 Å². The zero-order valence-electron chi connectivity index (χ0n) is 10.3. The average molecular weight is 342 g/mol. The van der Waals surface area contributed by atoms with Crippen LogP contribution in [-0.2, 0) is 16.6 Å². The van der Waals surface area contributed by atoms with Crippen LogP contribution in [0.4, 0.5) is 10.1 Å². The summed E-state index contributed by atoms with van der Waals surface area (Å²) in [5, 5.41) is 0. The van der Waals surface area contributed by atoms with Crippen LogP contribution in [-0.4, -0.2) is 4.21 Å². The third kappa shape index (κ3) is 3.42.